The SMILES string of the molecule is Cl.NCC1CC(=O)c2ccccc2O1. The lowest BCUT2D eigenvalue weighted by molar-refractivity contribution is 0.0860. The fraction of sp³-hybridized carbons (Fsp3) is 0.300. The van der Waals surface area contributed by atoms with Crippen LogP contribution in [0.5, 0.6) is 5.75 Å². The van der Waals surface area contributed by atoms with Gasteiger partial charge in [0, 0.05) is 13.0 Å². The van der Waals surface area contributed by atoms with E-state index in [-0.39, 0.29) is 24.3 Å². The second-order valence-electron chi connectivity index (χ2n) is 3.10. The molecule has 1 aromatic rings. The molecule has 14 heavy (non-hydrogen) atoms. The summed E-state index contributed by atoms with van der Waals surface area (Å²) in [5.41, 5.74) is 6.12. The minimum absolute atomic E-state index is 0. The predicted molar refractivity (Wildman–Crippen MR) is 56.1 cm³/mol. The van der Waals surface area contributed by atoms with Gasteiger partial charge in [-0.25, -0.2) is 0 Å². The molecule has 4 heteroatoms. The van der Waals surface area contributed by atoms with Gasteiger partial charge in [0.1, 0.15) is 11.9 Å². The van der Waals surface area contributed by atoms with Crippen LogP contribution in [0, 0.1) is 0 Å². The third-order valence-electron chi connectivity index (χ3n) is 2.16. The Morgan fingerprint density at radius 1 is 1.43 bits per heavy atom. The number of fused-ring (bicyclic) bond motifs is 1. The molecule has 2 N–H and O–H groups in total. The highest BCUT2D eigenvalue weighted by Gasteiger charge is 2.24. The van der Waals surface area contributed by atoms with Gasteiger partial charge in [0.2, 0.25) is 0 Å². The molecule has 0 amide bonds. The van der Waals surface area contributed by atoms with Gasteiger partial charge in [-0.1, -0.05) is 12.1 Å². The zero-order valence-electron chi connectivity index (χ0n) is 7.60. The largest absolute Gasteiger partial charge is 0.488 e. The van der Waals surface area contributed by atoms with Crippen LogP contribution >= 0.6 is 12.4 Å². The quantitative estimate of drug-likeness (QED) is 0.767. The molecular weight excluding hydrogens is 202 g/mol. The Hall–Kier alpha value is -1.06. The van der Waals surface area contributed by atoms with Crippen molar-refractivity contribution >= 4 is 18.2 Å². The molecule has 1 aliphatic heterocycles. The molecule has 1 aliphatic rings. The molecule has 1 unspecified atom stereocenters. The number of benzene rings is 1. The van der Waals surface area contributed by atoms with Crippen molar-refractivity contribution in [3.8, 4) is 5.75 Å². The molecule has 0 bridgehead atoms. The summed E-state index contributed by atoms with van der Waals surface area (Å²) in [6.45, 7) is 0.389. The van der Waals surface area contributed by atoms with Crippen LogP contribution in [0.3, 0.4) is 0 Å². The average Bonchev–Trinajstić information content (AvgIpc) is 2.18. The van der Waals surface area contributed by atoms with E-state index in [4.69, 9.17) is 10.5 Å². The number of carbonyl (C=O) groups excluding carboxylic acids is 1. The number of Topliss-reactive ketones (excluding diaryl/α,β-unsaturated/α-hetero) is 1. The van der Waals surface area contributed by atoms with E-state index >= 15 is 0 Å². The average molecular weight is 214 g/mol. The van der Waals surface area contributed by atoms with E-state index in [9.17, 15) is 4.79 Å². The topological polar surface area (TPSA) is 52.3 Å². The van der Waals surface area contributed by atoms with Crippen LogP contribution in [-0.4, -0.2) is 18.4 Å². The molecule has 0 aromatic heterocycles. The second kappa shape index (κ2) is 4.44. The van der Waals surface area contributed by atoms with Crippen LogP contribution in [-0.2, 0) is 0 Å². The molecule has 1 aromatic carbocycles. The number of hydrogen-bond acceptors (Lipinski definition) is 3. The third kappa shape index (κ3) is 1.89. The van der Waals surface area contributed by atoms with Gasteiger partial charge in [0.15, 0.2) is 5.78 Å². The highest BCUT2D eigenvalue weighted by Crippen LogP contribution is 2.26. The molecule has 1 atom stereocenters. The van der Waals surface area contributed by atoms with Crippen molar-refractivity contribution in [2.45, 2.75) is 12.5 Å². The monoisotopic (exact) mass is 213 g/mol. The minimum Gasteiger partial charge on any atom is -0.488 e. The first-order chi connectivity index (χ1) is 6.31. The van der Waals surface area contributed by atoms with E-state index in [1.165, 1.54) is 0 Å². The molecule has 0 saturated heterocycles. The molecule has 0 radical (unpaired) electrons. The normalized spacial score (nSPS) is 19.2. The molecule has 0 aliphatic carbocycles. The first-order valence-electron chi connectivity index (χ1n) is 4.30. The molecule has 2 rings (SSSR count). The van der Waals surface area contributed by atoms with Crippen LogP contribution < -0.4 is 10.5 Å². The summed E-state index contributed by atoms with van der Waals surface area (Å²) in [6, 6.07) is 7.27. The molecule has 3 nitrogen and oxygen atoms in total. The highest BCUT2D eigenvalue weighted by atomic mass is 35.5. The third-order valence-corrected chi connectivity index (χ3v) is 2.16. The first-order valence-corrected chi connectivity index (χ1v) is 4.30. The fourth-order valence-electron chi connectivity index (χ4n) is 1.47. The zero-order chi connectivity index (χ0) is 9.26. The van der Waals surface area contributed by atoms with Gasteiger partial charge < -0.3 is 10.5 Å². The number of carbonyl (C=O) groups is 1. The number of para-hydroxylation sites is 1. The van der Waals surface area contributed by atoms with Crippen molar-refractivity contribution in [2.24, 2.45) is 5.73 Å². The van der Waals surface area contributed by atoms with Gasteiger partial charge in [-0.2, -0.15) is 0 Å². The van der Waals surface area contributed by atoms with Crippen LogP contribution in [0.25, 0.3) is 0 Å². The van der Waals surface area contributed by atoms with Gasteiger partial charge in [-0.15, -0.1) is 12.4 Å². The molecular formula is C10H12ClNO2. The van der Waals surface area contributed by atoms with E-state index in [1.807, 2.05) is 12.1 Å². The standard InChI is InChI=1S/C10H11NO2.ClH/c11-6-7-5-9(12)8-3-1-2-4-10(8)13-7;/h1-4,7H,5-6,11H2;1H. The Balaban J connectivity index is 0.000000980. The summed E-state index contributed by atoms with van der Waals surface area (Å²) < 4.78 is 5.51. The lowest BCUT2D eigenvalue weighted by Crippen LogP contribution is -2.33. The maximum atomic E-state index is 11.5. The Labute approximate surface area is 88.7 Å². The van der Waals surface area contributed by atoms with E-state index < -0.39 is 0 Å². The Morgan fingerprint density at radius 2 is 2.14 bits per heavy atom. The number of ether oxygens (including phenoxy) is 1. The van der Waals surface area contributed by atoms with E-state index in [0.717, 1.165) is 0 Å². The zero-order valence-corrected chi connectivity index (χ0v) is 8.42. The number of rotatable bonds is 1. The number of halogens is 1. The summed E-state index contributed by atoms with van der Waals surface area (Å²) in [4.78, 5) is 11.5. The van der Waals surface area contributed by atoms with E-state index in [0.29, 0.717) is 24.3 Å². The smallest absolute Gasteiger partial charge is 0.170 e. The first kappa shape index (κ1) is 11.0. The van der Waals surface area contributed by atoms with Crippen molar-refractivity contribution in [2.75, 3.05) is 6.54 Å². The van der Waals surface area contributed by atoms with Crippen molar-refractivity contribution in [3.63, 3.8) is 0 Å². The van der Waals surface area contributed by atoms with Crippen molar-refractivity contribution < 1.29 is 9.53 Å². The van der Waals surface area contributed by atoms with E-state index in [1.54, 1.807) is 12.1 Å². The summed E-state index contributed by atoms with van der Waals surface area (Å²) in [7, 11) is 0. The second-order valence-corrected chi connectivity index (χ2v) is 3.10. The van der Waals surface area contributed by atoms with Gasteiger partial charge in [0.05, 0.1) is 5.56 Å². The maximum Gasteiger partial charge on any atom is 0.170 e. The molecule has 0 fully saturated rings. The van der Waals surface area contributed by atoms with E-state index in [2.05, 4.69) is 0 Å². The predicted octanol–water partition coefficient (Wildman–Crippen LogP) is 1.40. The number of hydrogen-bond donors (Lipinski definition) is 1. The van der Waals surface area contributed by atoms with Crippen molar-refractivity contribution in [3.05, 3.63) is 29.8 Å². The van der Waals surface area contributed by atoms with Crippen LogP contribution in [0.15, 0.2) is 24.3 Å². The van der Waals surface area contributed by atoms with Gasteiger partial charge in [0.25, 0.3) is 0 Å². The Morgan fingerprint density at radius 3 is 2.86 bits per heavy atom. The molecule has 0 saturated carbocycles. The minimum atomic E-state index is -0.151. The fourth-order valence-corrected chi connectivity index (χ4v) is 1.47. The molecule has 0 spiro atoms. The number of nitrogens with two attached hydrogens (primary N) is 1. The summed E-state index contributed by atoms with van der Waals surface area (Å²) in [5, 5.41) is 0. The van der Waals surface area contributed by atoms with Crippen LogP contribution in [0.2, 0.25) is 0 Å². The lowest BCUT2D eigenvalue weighted by Gasteiger charge is -2.23. The van der Waals surface area contributed by atoms with Gasteiger partial charge in [-0.05, 0) is 12.1 Å². The van der Waals surface area contributed by atoms with Crippen molar-refractivity contribution in [1.82, 2.24) is 0 Å². The molecule has 76 valence electrons. The maximum absolute atomic E-state index is 11.5. The lowest BCUT2D eigenvalue weighted by atomic mass is 10.0. The Kier molecular flexibility index (Phi) is 3.49. The van der Waals surface area contributed by atoms with Gasteiger partial charge >= 0.3 is 0 Å². The summed E-state index contributed by atoms with van der Waals surface area (Å²) >= 11 is 0. The van der Waals surface area contributed by atoms with Crippen molar-refractivity contribution in [1.29, 1.82) is 0 Å². The summed E-state index contributed by atoms with van der Waals surface area (Å²) in [6.07, 6.45) is 0.246. The molecule has 1 heterocycles. The van der Waals surface area contributed by atoms with Crippen LogP contribution in [0.1, 0.15) is 16.8 Å². The number of ketones is 1. The van der Waals surface area contributed by atoms with Gasteiger partial charge in [-0.3, -0.25) is 4.79 Å². The highest BCUT2D eigenvalue weighted by molar-refractivity contribution is 5.99. The Bertz CT molecular complexity index is 341. The summed E-state index contributed by atoms with van der Waals surface area (Å²) in [5.74, 6) is 0.784. The van der Waals surface area contributed by atoms with Crippen LogP contribution in [0.4, 0.5) is 0 Å².